The summed E-state index contributed by atoms with van der Waals surface area (Å²) in [7, 11) is 0. The van der Waals surface area contributed by atoms with Crippen molar-refractivity contribution in [3.05, 3.63) is 0 Å². The van der Waals surface area contributed by atoms with Gasteiger partial charge in [-0.25, -0.2) is 0 Å². The lowest BCUT2D eigenvalue weighted by Crippen LogP contribution is -2.50. The molecule has 2 heteroatoms. The summed E-state index contributed by atoms with van der Waals surface area (Å²) < 4.78 is 0. The fourth-order valence-electron chi connectivity index (χ4n) is 6.24. The first kappa shape index (κ1) is 12.4. The Labute approximate surface area is 117 Å². The van der Waals surface area contributed by atoms with Crippen LogP contribution in [0.1, 0.15) is 64.2 Å². The lowest BCUT2D eigenvalue weighted by atomic mass is 9.56. The maximum Gasteiger partial charge on any atom is 0.000377 e. The van der Waals surface area contributed by atoms with E-state index in [0.29, 0.717) is 0 Å². The highest BCUT2D eigenvalue weighted by Gasteiger charge is 2.56. The molecule has 0 atom stereocenters. The maximum absolute atomic E-state index is 6.44. The molecule has 0 nitrogen and oxygen atoms in total. The SMILES string of the molecule is S=P1(C23CC4CC(CC(C4)C2)C3)CCCCCC1. The summed E-state index contributed by atoms with van der Waals surface area (Å²) in [5.41, 5.74) is 0. The topological polar surface area (TPSA) is 0 Å². The Balaban J connectivity index is 1.68. The highest BCUT2D eigenvalue weighted by molar-refractivity contribution is 8.15. The van der Waals surface area contributed by atoms with E-state index in [1.54, 1.807) is 38.5 Å². The molecule has 0 amide bonds. The summed E-state index contributed by atoms with van der Waals surface area (Å²) in [6.07, 6.45) is 18.3. The molecule has 5 fully saturated rings. The van der Waals surface area contributed by atoms with Gasteiger partial charge >= 0.3 is 0 Å². The molecular formula is C16H27PS. The zero-order valence-corrected chi connectivity index (χ0v) is 13.3. The van der Waals surface area contributed by atoms with Crippen LogP contribution in [-0.4, -0.2) is 17.5 Å². The standard InChI is InChI=1S/C16H27PS/c18-17(5-3-1-2-4-6-17)16-10-13-7-14(11-16)9-15(8-13)12-16/h13-15H,1-12H2. The second-order valence-corrected chi connectivity index (χ2v) is 13.6. The van der Waals surface area contributed by atoms with Crippen LogP contribution in [-0.2, 0) is 11.8 Å². The molecule has 4 aliphatic carbocycles. The van der Waals surface area contributed by atoms with Gasteiger partial charge in [0.2, 0.25) is 0 Å². The van der Waals surface area contributed by atoms with Crippen LogP contribution in [0.3, 0.4) is 0 Å². The van der Waals surface area contributed by atoms with Gasteiger partial charge in [-0.2, -0.15) is 0 Å². The van der Waals surface area contributed by atoms with Crippen molar-refractivity contribution in [3.63, 3.8) is 0 Å². The Morgan fingerprint density at radius 1 is 0.722 bits per heavy atom. The van der Waals surface area contributed by atoms with E-state index in [4.69, 9.17) is 11.8 Å². The minimum absolute atomic E-state index is 0.724. The Hall–Kier alpha value is 0.650. The molecule has 0 unspecified atom stereocenters. The molecule has 4 saturated carbocycles. The second-order valence-electron chi connectivity index (χ2n) is 7.89. The van der Waals surface area contributed by atoms with Gasteiger partial charge in [-0.3, -0.25) is 0 Å². The van der Waals surface area contributed by atoms with Crippen LogP contribution >= 0.6 is 6.04 Å². The summed E-state index contributed by atoms with van der Waals surface area (Å²) in [6, 6.07) is -1.02. The van der Waals surface area contributed by atoms with Gasteiger partial charge in [0.15, 0.2) is 0 Å². The van der Waals surface area contributed by atoms with Crippen molar-refractivity contribution in [3.8, 4) is 0 Å². The van der Waals surface area contributed by atoms with Crippen molar-refractivity contribution in [1.29, 1.82) is 0 Å². The molecule has 5 rings (SSSR count). The van der Waals surface area contributed by atoms with E-state index in [1.807, 2.05) is 0 Å². The van der Waals surface area contributed by atoms with Crippen LogP contribution in [0, 0.1) is 17.8 Å². The van der Waals surface area contributed by atoms with Crippen LogP contribution in [0.5, 0.6) is 0 Å². The molecule has 1 aliphatic heterocycles. The van der Waals surface area contributed by atoms with Gasteiger partial charge in [-0.15, -0.1) is 0 Å². The van der Waals surface area contributed by atoms with E-state index in [0.717, 1.165) is 22.9 Å². The molecule has 0 aromatic rings. The highest BCUT2D eigenvalue weighted by atomic mass is 32.4. The summed E-state index contributed by atoms with van der Waals surface area (Å²) >= 11 is 6.44. The van der Waals surface area contributed by atoms with Crippen molar-refractivity contribution in [2.24, 2.45) is 17.8 Å². The highest BCUT2D eigenvalue weighted by Crippen LogP contribution is 2.73. The van der Waals surface area contributed by atoms with Crippen LogP contribution in [0.25, 0.3) is 0 Å². The molecule has 5 aliphatic rings. The van der Waals surface area contributed by atoms with Gasteiger partial charge < -0.3 is 0 Å². The van der Waals surface area contributed by atoms with Crippen molar-refractivity contribution >= 4 is 17.8 Å². The van der Waals surface area contributed by atoms with E-state index >= 15 is 0 Å². The molecule has 4 bridgehead atoms. The smallest absolute Gasteiger partial charge is 0.000377 e. The van der Waals surface area contributed by atoms with Crippen LogP contribution in [0.2, 0.25) is 0 Å². The monoisotopic (exact) mass is 282 g/mol. The molecule has 18 heavy (non-hydrogen) atoms. The lowest BCUT2D eigenvalue weighted by Gasteiger charge is -2.60. The molecule has 1 saturated heterocycles. The van der Waals surface area contributed by atoms with Crippen LogP contribution in [0.15, 0.2) is 0 Å². The van der Waals surface area contributed by atoms with Crippen molar-refractivity contribution < 1.29 is 0 Å². The largest absolute Gasteiger partial charge is 0.0969 e. The van der Waals surface area contributed by atoms with E-state index in [2.05, 4.69) is 0 Å². The Morgan fingerprint density at radius 3 is 1.61 bits per heavy atom. The number of rotatable bonds is 1. The second kappa shape index (κ2) is 4.32. The molecule has 0 spiro atoms. The minimum Gasteiger partial charge on any atom is -0.0969 e. The molecule has 102 valence electrons. The van der Waals surface area contributed by atoms with Gasteiger partial charge in [0.1, 0.15) is 0 Å². The van der Waals surface area contributed by atoms with Crippen molar-refractivity contribution in [2.75, 3.05) is 12.3 Å². The average Bonchev–Trinajstić information content (AvgIpc) is 2.53. The first-order valence-corrected chi connectivity index (χ1v) is 11.4. The summed E-state index contributed by atoms with van der Waals surface area (Å²) in [4.78, 5) is 0. The van der Waals surface area contributed by atoms with E-state index in [-0.39, 0.29) is 0 Å². The molecular weight excluding hydrogens is 255 g/mol. The summed E-state index contributed by atoms with van der Waals surface area (Å²) in [5, 5.41) is 0.724. The number of hydrogen-bond acceptors (Lipinski definition) is 1. The third kappa shape index (κ3) is 1.80. The Bertz CT molecular complexity index is 339. The third-order valence-electron chi connectivity index (χ3n) is 6.66. The maximum atomic E-state index is 6.44. The van der Waals surface area contributed by atoms with Gasteiger partial charge in [-0.1, -0.05) is 24.6 Å². The average molecular weight is 282 g/mol. The predicted molar refractivity (Wildman–Crippen MR) is 83.4 cm³/mol. The van der Waals surface area contributed by atoms with Crippen molar-refractivity contribution in [1.82, 2.24) is 0 Å². The van der Waals surface area contributed by atoms with E-state index in [9.17, 15) is 0 Å². The first-order valence-electron chi connectivity index (χ1n) is 8.27. The van der Waals surface area contributed by atoms with Gasteiger partial charge in [0.05, 0.1) is 0 Å². The van der Waals surface area contributed by atoms with E-state index in [1.165, 1.54) is 38.0 Å². The normalized spacial score (nSPS) is 50.1. The van der Waals surface area contributed by atoms with Gasteiger partial charge in [0, 0.05) is 5.16 Å². The first-order chi connectivity index (χ1) is 8.69. The quantitative estimate of drug-likeness (QED) is 0.609. The third-order valence-corrected chi connectivity index (χ3v) is 13.3. The minimum atomic E-state index is -1.02. The molecule has 0 N–H and O–H groups in total. The molecule has 0 aromatic heterocycles. The fourth-order valence-corrected chi connectivity index (χ4v) is 12.1. The predicted octanol–water partition coefficient (Wildman–Crippen LogP) is 5.01. The Morgan fingerprint density at radius 2 is 1.17 bits per heavy atom. The van der Waals surface area contributed by atoms with Crippen molar-refractivity contribution in [2.45, 2.75) is 69.4 Å². The molecule has 0 radical (unpaired) electrons. The van der Waals surface area contributed by atoms with Crippen LogP contribution < -0.4 is 0 Å². The van der Waals surface area contributed by atoms with E-state index < -0.39 is 6.04 Å². The Kier molecular flexibility index (Phi) is 2.98. The summed E-state index contributed by atoms with van der Waals surface area (Å²) in [5.74, 6) is 3.29. The number of hydrogen-bond donors (Lipinski definition) is 0. The molecule has 1 heterocycles. The summed E-state index contributed by atoms with van der Waals surface area (Å²) in [6.45, 7) is 0. The van der Waals surface area contributed by atoms with Gasteiger partial charge in [-0.05, 0) is 87.5 Å². The zero-order chi connectivity index (χ0) is 12.2. The molecule has 0 aromatic carbocycles. The van der Waals surface area contributed by atoms with Crippen LogP contribution in [0.4, 0.5) is 0 Å². The zero-order valence-electron chi connectivity index (χ0n) is 11.6. The lowest BCUT2D eigenvalue weighted by molar-refractivity contribution is 0.0353. The van der Waals surface area contributed by atoms with Gasteiger partial charge in [0.25, 0.3) is 0 Å². The fraction of sp³-hybridized carbons (Fsp3) is 1.00.